The van der Waals surface area contributed by atoms with Crippen LogP contribution in [0.3, 0.4) is 0 Å². The summed E-state index contributed by atoms with van der Waals surface area (Å²) in [5, 5.41) is 15.9. The van der Waals surface area contributed by atoms with Gasteiger partial charge in [0.05, 0.1) is 5.92 Å². The van der Waals surface area contributed by atoms with Crippen molar-refractivity contribution in [2.75, 3.05) is 13.1 Å². The second-order valence-electron chi connectivity index (χ2n) is 4.96. The van der Waals surface area contributed by atoms with E-state index in [1.807, 2.05) is 25.3 Å². The molecule has 1 rings (SSSR count). The second-order valence-corrected chi connectivity index (χ2v) is 5.74. The molecule has 112 valence electrons. The number of nitrogens with one attached hydrogen (secondary N) is 1. The van der Waals surface area contributed by atoms with Gasteiger partial charge in [0.15, 0.2) is 0 Å². The monoisotopic (exact) mass is 298 g/mol. The summed E-state index contributed by atoms with van der Waals surface area (Å²) in [6.07, 6.45) is 0.779. The highest BCUT2D eigenvalue weighted by atomic mass is 32.1. The largest absolute Gasteiger partial charge is 0.481 e. The number of carbonyl (C=O) groups excluding carboxylic acids is 1. The van der Waals surface area contributed by atoms with Gasteiger partial charge in [0.25, 0.3) is 0 Å². The smallest absolute Gasteiger partial charge is 0.317 e. The number of rotatable bonds is 7. The average Bonchev–Trinajstić information content (AvgIpc) is 2.87. The summed E-state index contributed by atoms with van der Waals surface area (Å²) in [5.41, 5.74) is 1.20. The third-order valence-corrected chi connectivity index (χ3v) is 3.81. The van der Waals surface area contributed by atoms with E-state index in [-0.39, 0.29) is 18.6 Å². The molecule has 0 radical (unpaired) electrons. The predicted octanol–water partition coefficient (Wildman–Crippen LogP) is 2.43. The van der Waals surface area contributed by atoms with Gasteiger partial charge in [0.1, 0.15) is 0 Å². The van der Waals surface area contributed by atoms with Crippen LogP contribution in [0.4, 0.5) is 4.79 Å². The number of thiophene rings is 1. The van der Waals surface area contributed by atoms with E-state index in [2.05, 4.69) is 10.7 Å². The number of carboxylic acid groups (broad SMARTS) is 1. The summed E-state index contributed by atoms with van der Waals surface area (Å²) in [4.78, 5) is 24.5. The summed E-state index contributed by atoms with van der Waals surface area (Å²) < 4.78 is 0. The molecule has 0 fully saturated rings. The molecular weight excluding hydrogens is 276 g/mol. The Morgan fingerprint density at radius 1 is 1.45 bits per heavy atom. The molecule has 20 heavy (non-hydrogen) atoms. The molecule has 6 heteroatoms. The van der Waals surface area contributed by atoms with Crippen molar-refractivity contribution in [3.63, 3.8) is 0 Å². The summed E-state index contributed by atoms with van der Waals surface area (Å²) >= 11 is 1.63. The number of amides is 2. The van der Waals surface area contributed by atoms with Gasteiger partial charge >= 0.3 is 12.0 Å². The molecule has 0 aromatic carbocycles. The molecule has 0 saturated carbocycles. The number of hydrogen-bond donors (Lipinski definition) is 2. The van der Waals surface area contributed by atoms with Gasteiger partial charge < -0.3 is 15.3 Å². The topological polar surface area (TPSA) is 69.6 Å². The second kappa shape index (κ2) is 7.89. The third-order valence-electron chi connectivity index (χ3n) is 3.08. The van der Waals surface area contributed by atoms with Crippen molar-refractivity contribution < 1.29 is 14.7 Å². The highest BCUT2D eigenvalue weighted by Gasteiger charge is 2.20. The quantitative estimate of drug-likeness (QED) is 0.812. The molecule has 1 aromatic rings. The molecule has 1 aromatic heterocycles. The zero-order chi connectivity index (χ0) is 15.1. The SMILES string of the molecule is CCN(CC(C)C(=O)O)C(=O)NC(C)Cc1ccsc1. The van der Waals surface area contributed by atoms with Crippen molar-refractivity contribution in [2.45, 2.75) is 33.2 Å². The molecule has 0 bridgehead atoms. The third kappa shape index (κ3) is 5.21. The van der Waals surface area contributed by atoms with E-state index in [4.69, 9.17) is 5.11 Å². The van der Waals surface area contributed by atoms with Crippen LogP contribution in [-0.4, -0.2) is 41.1 Å². The van der Waals surface area contributed by atoms with E-state index in [9.17, 15) is 9.59 Å². The van der Waals surface area contributed by atoms with Crippen LogP contribution in [0.2, 0.25) is 0 Å². The molecular formula is C14H22N2O3S. The Labute approximate surface area is 123 Å². The first-order valence-corrected chi connectivity index (χ1v) is 7.67. The zero-order valence-electron chi connectivity index (χ0n) is 12.1. The summed E-state index contributed by atoms with van der Waals surface area (Å²) in [7, 11) is 0. The lowest BCUT2D eigenvalue weighted by Gasteiger charge is -2.25. The molecule has 2 N–H and O–H groups in total. The number of carboxylic acids is 1. The van der Waals surface area contributed by atoms with Crippen LogP contribution < -0.4 is 5.32 Å². The fourth-order valence-corrected chi connectivity index (χ4v) is 2.56. The Morgan fingerprint density at radius 3 is 2.65 bits per heavy atom. The number of hydrogen-bond acceptors (Lipinski definition) is 3. The van der Waals surface area contributed by atoms with Gasteiger partial charge in [0.2, 0.25) is 0 Å². The van der Waals surface area contributed by atoms with Crippen LogP contribution in [-0.2, 0) is 11.2 Å². The molecule has 2 unspecified atom stereocenters. The minimum absolute atomic E-state index is 0.0197. The van der Waals surface area contributed by atoms with Gasteiger partial charge in [-0.05, 0) is 42.7 Å². The summed E-state index contributed by atoms with van der Waals surface area (Å²) in [6, 6.07) is 1.85. The van der Waals surface area contributed by atoms with E-state index in [0.29, 0.717) is 6.54 Å². The minimum atomic E-state index is -0.887. The fraction of sp³-hybridized carbons (Fsp3) is 0.571. The lowest BCUT2D eigenvalue weighted by Crippen LogP contribution is -2.46. The first kappa shape index (κ1) is 16.5. The Balaban J connectivity index is 2.47. The fourth-order valence-electron chi connectivity index (χ4n) is 1.88. The molecule has 0 saturated heterocycles. The molecule has 2 amide bonds. The first-order chi connectivity index (χ1) is 9.43. The normalized spacial score (nSPS) is 13.6. The summed E-state index contributed by atoms with van der Waals surface area (Å²) in [5.74, 6) is -1.45. The van der Waals surface area contributed by atoms with Crippen molar-refractivity contribution in [3.05, 3.63) is 22.4 Å². The van der Waals surface area contributed by atoms with Crippen LogP contribution in [0.1, 0.15) is 26.3 Å². The highest BCUT2D eigenvalue weighted by Crippen LogP contribution is 2.09. The Kier molecular flexibility index (Phi) is 6.51. The van der Waals surface area contributed by atoms with Crippen molar-refractivity contribution in [2.24, 2.45) is 5.92 Å². The van der Waals surface area contributed by atoms with Gasteiger partial charge in [0, 0.05) is 19.1 Å². The maximum atomic E-state index is 12.1. The van der Waals surface area contributed by atoms with E-state index in [1.165, 1.54) is 10.5 Å². The van der Waals surface area contributed by atoms with Gasteiger partial charge in [-0.3, -0.25) is 4.79 Å². The number of aliphatic carboxylic acids is 1. The van der Waals surface area contributed by atoms with Crippen LogP contribution >= 0.6 is 11.3 Å². The Morgan fingerprint density at radius 2 is 2.15 bits per heavy atom. The van der Waals surface area contributed by atoms with Gasteiger partial charge in [-0.15, -0.1) is 0 Å². The lowest BCUT2D eigenvalue weighted by molar-refractivity contribution is -0.141. The van der Waals surface area contributed by atoms with Crippen molar-refractivity contribution in [1.82, 2.24) is 10.2 Å². The zero-order valence-corrected chi connectivity index (χ0v) is 12.9. The van der Waals surface area contributed by atoms with E-state index >= 15 is 0 Å². The Bertz CT molecular complexity index is 434. The summed E-state index contributed by atoms with van der Waals surface area (Å²) in [6.45, 7) is 6.12. The van der Waals surface area contributed by atoms with Crippen LogP contribution in [0, 0.1) is 5.92 Å². The van der Waals surface area contributed by atoms with E-state index < -0.39 is 11.9 Å². The molecule has 0 aliphatic carbocycles. The van der Waals surface area contributed by atoms with Crippen molar-refractivity contribution >= 4 is 23.3 Å². The van der Waals surface area contributed by atoms with Crippen LogP contribution in [0.15, 0.2) is 16.8 Å². The Hall–Kier alpha value is -1.56. The standard InChI is InChI=1S/C14H22N2O3S/c1-4-16(8-10(2)13(17)18)14(19)15-11(3)7-12-5-6-20-9-12/h5-6,9-11H,4,7-8H2,1-3H3,(H,15,19)(H,17,18). The molecule has 2 atom stereocenters. The van der Waals surface area contributed by atoms with Crippen LogP contribution in [0.25, 0.3) is 0 Å². The van der Waals surface area contributed by atoms with E-state index in [0.717, 1.165) is 6.42 Å². The molecule has 1 heterocycles. The molecule has 0 aliphatic rings. The number of nitrogens with zero attached hydrogens (tertiary/aromatic N) is 1. The maximum absolute atomic E-state index is 12.1. The minimum Gasteiger partial charge on any atom is -0.481 e. The predicted molar refractivity (Wildman–Crippen MR) is 80.1 cm³/mol. The lowest BCUT2D eigenvalue weighted by atomic mass is 10.1. The first-order valence-electron chi connectivity index (χ1n) is 6.73. The van der Waals surface area contributed by atoms with E-state index in [1.54, 1.807) is 18.3 Å². The highest BCUT2D eigenvalue weighted by molar-refractivity contribution is 7.07. The van der Waals surface area contributed by atoms with Crippen molar-refractivity contribution in [3.8, 4) is 0 Å². The molecule has 5 nitrogen and oxygen atoms in total. The van der Waals surface area contributed by atoms with Gasteiger partial charge in [-0.25, -0.2) is 4.79 Å². The number of carbonyl (C=O) groups is 2. The van der Waals surface area contributed by atoms with Gasteiger partial charge in [-0.1, -0.05) is 6.92 Å². The molecule has 0 aliphatic heterocycles. The maximum Gasteiger partial charge on any atom is 0.317 e. The average molecular weight is 298 g/mol. The van der Waals surface area contributed by atoms with Gasteiger partial charge in [-0.2, -0.15) is 11.3 Å². The molecule has 0 spiro atoms. The number of urea groups is 1. The van der Waals surface area contributed by atoms with Crippen LogP contribution in [0.5, 0.6) is 0 Å². The van der Waals surface area contributed by atoms with Crippen molar-refractivity contribution in [1.29, 1.82) is 0 Å².